The second kappa shape index (κ2) is 8.29. The van der Waals surface area contributed by atoms with Crippen LogP contribution >= 0.6 is 0 Å². The minimum absolute atomic E-state index is 0.250. The number of ether oxygens (including phenoxy) is 1. The molecule has 128 valence electrons. The molecule has 5 nitrogen and oxygen atoms in total. The highest BCUT2D eigenvalue weighted by atomic mass is 16.5. The van der Waals surface area contributed by atoms with Gasteiger partial charge < -0.3 is 15.4 Å². The Morgan fingerprint density at radius 1 is 1.39 bits per heavy atom. The van der Waals surface area contributed by atoms with Gasteiger partial charge in [0, 0.05) is 17.8 Å². The first-order valence-corrected chi connectivity index (χ1v) is 8.58. The van der Waals surface area contributed by atoms with Crippen molar-refractivity contribution in [2.75, 3.05) is 13.2 Å². The number of fused-ring (bicyclic) bond motifs is 1. The Labute approximate surface area is 139 Å². The molecule has 23 heavy (non-hydrogen) atoms. The van der Waals surface area contributed by atoms with Crippen LogP contribution in [0.4, 0.5) is 4.79 Å². The lowest BCUT2D eigenvalue weighted by molar-refractivity contribution is 0.135. The van der Waals surface area contributed by atoms with Gasteiger partial charge in [-0.1, -0.05) is 6.07 Å². The van der Waals surface area contributed by atoms with E-state index in [0.29, 0.717) is 12.6 Å². The maximum absolute atomic E-state index is 11.5. The predicted octanol–water partition coefficient (Wildman–Crippen LogP) is 3.35. The van der Waals surface area contributed by atoms with Gasteiger partial charge in [-0.15, -0.1) is 0 Å². The van der Waals surface area contributed by atoms with Crippen LogP contribution in [0.1, 0.15) is 63.8 Å². The molecule has 1 unspecified atom stereocenters. The van der Waals surface area contributed by atoms with Crippen molar-refractivity contribution in [1.29, 1.82) is 0 Å². The van der Waals surface area contributed by atoms with Gasteiger partial charge in [0.05, 0.1) is 12.3 Å². The molecule has 0 spiro atoms. The molecule has 0 aliphatic heterocycles. The summed E-state index contributed by atoms with van der Waals surface area (Å²) in [7, 11) is 0. The minimum atomic E-state index is -0.337. The van der Waals surface area contributed by atoms with E-state index in [1.54, 1.807) is 0 Å². The third kappa shape index (κ3) is 6.18. The number of carbonyl (C=O) groups is 1. The number of rotatable bonds is 6. The molecule has 1 amide bonds. The number of nitrogens with one attached hydrogen (secondary N) is 2. The molecular weight excluding hydrogens is 290 g/mol. The van der Waals surface area contributed by atoms with E-state index in [1.807, 2.05) is 33.0 Å². The third-order valence-electron chi connectivity index (χ3n) is 3.87. The van der Waals surface area contributed by atoms with Crippen LogP contribution in [-0.2, 0) is 11.2 Å². The summed E-state index contributed by atoms with van der Waals surface area (Å²) in [6.07, 6.45) is 6.89. The van der Waals surface area contributed by atoms with Crippen LogP contribution < -0.4 is 10.6 Å². The second-order valence-electron chi connectivity index (χ2n) is 7.16. The normalized spacial score (nSPS) is 17.4. The topological polar surface area (TPSA) is 63.2 Å². The van der Waals surface area contributed by atoms with Crippen LogP contribution in [0.5, 0.6) is 0 Å². The summed E-state index contributed by atoms with van der Waals surface area (Å²) in [5.74, 6) is 0. The fourth-order valence-corrected chi connectivity index (χ4v) is 2.82. The van der Waals surface area contributed by atoms with Crippen LogP contribution in [-0.4, -0.2) is 29.8 Å². The largest absolute Gasteiger partial charge is 0.450 e. The highest BCUT2D eigenvalue weighted by Gasteiger charge is 2.20. The minimum Gasteiger partial charge on any atom is -0.450 e. The average Bonchev–Trinajstić information content (AvgIpc) is 2.49. The summed E-state index contributed by atoms with van der Waals surface area (Å²) >= 11 is 0. The molecule has 0 aromatic carbocycles. The molecule has 0 bridgehead atoms. The van der Waals surface area contributed by atoms with Crippen molar-refractivity contribution >= 4 is 6.09 Å². The molecule has 0 fully saturated rings. The SMILES string of the molecule is CC(C)(C)NC(=O)OCCCCNC1CCCc2cccnc21. The van der Waals surface area contributed by atoms with Gasteiger partial charge in [-0.3, -0.25) is 4.98 Å². The molecule has 5 heteroatoms. The number of aryl methyl sites for hydroxylation is 1. The smallest absolute Gasteiger partial charge is 0.407 e. The van der Waals surface area contributed by atoms with Crippen LogP contribution in [0, 0.1) is 0 Å². The van der Waals surface area contributed by atoms with Crippen molar-refractivity contribution in [1.82, 2.24) is 15.6 Å². The van der Waals surface area contributed by atoms with Crippen LogP contribution in [0.3, 0.4) is 0 Å². The fourth-order valence-electron chi connectivity index (χ4n) is 2.82. The first kappa shape index (κ1) is 17.7. The molecule has 1 aliphatic carbocycles. The number of hydrogen-bond donors (Lipinski definition) is 2. The highest BCUT2D eigenvalue weighted by Crippen LogP contribution is 2.27. The number of alkyl carbamates (subject to hydrolysis) is 1. The zero-order valence-electron chi connectivity index (χ0n) is 14.5. The number of carbonyl (C=O) groups excluding carboxylic acids is 1. The van der Waals surface area contributed by atoms with E-state index in [2.05, 4.69) is 21.7 Å². The van der Waals surface area contributed by atoms with Gasteiger partial charge in [0.2, 0.25) is 0 Å². The fraction of sp³-hybridized carbons (Fsp3) is 0.667. The molecule has 1 aliphatic rings. The van der Waals surface area contributed by atoms with Gasteiger partial charge in [-0.05, 0) is 71.0 Å². The van der Waals surface area contributed by atoms with E-state index in [1.165, 1.54) is 17.7 Å². The third-order valence-corrected chi connectivity index (χ3v) is 3.87. The zero-order valence-corrected chi connectivity index (χ0v) is 14.5. The highest BCUT2D eigenvalue weighted by molar-refractivity contribution is 5.67. The standard InChI is InChI=1S/C18H29N3O2/c1-18(2,3)21-17(22)23-13-5-4-11-19-15-10-6-8-14-9-7-12-20-16(14)15/h7,9,12,15,19H,4-6,8,10-11,13H2,1-3H3,(H,21,22). The number of pyridine rings is 1. The number of hydrogen-bond acceptors (Lipinski definition) is 4. The first-order chi connectivity index (χ1) is 11.0. The molecule has 2 N–H and O–H groups in total. The average molecular weight is 319 g/mol. The molecule has 1 aromatic heterocycles. The second-order valence-corrected chi connectivity index (χ2v) is 7.16. The zero-order chi connectivity index (χ0) is 16.7. The molecule has 2 rings (SSSR count). The van der Waals surface area contributed by atoms with E-state index in [-0.39, 0.29) is 11.6 Å². The molecule has 0 saturated carbocycles. The molecule has 1 atom stereocenters. The van der Waals surface area contributed by atoms with E-state index >= 15 is 0 Å². The Bertz CT molecular complexity index is 511. The number of nitrogens with zero attached hydrogens (tertiary/aromatic N) is 1. The lowest BCUT2D eigenvalue weighted by Crippen LogP contribution is -2.41. The van der Waals surface area contributed by atoms with Gasteiger partial charge in [0.1, 0.15) is 0 Å². The van der Waals surface area contributed by atoms with Crippen molar-refractivity contribution in [3.63, 3.8) is 0 Å². The van der Waals surface area contributed by atoms with Crippen LogP contribution in [0.15, 0.2) is 18.3 Å². The summed E-state index contributed by atoms with van der Waals surface area (Å²) in [4.78, 5) is 16.1. The molecule has 0 saturated heterocycles. The maximum Gasteiger partial charge on any atom is 0.407 e. The van der Waals surface area contributed by atoms with E-state index in [0.717, 1.165) is 32.2 Å². The lowest BCUT2D eigenvalue weighted by Gasteiger charge is -2.25. The van der Waals surface area contributed by atoms with E-state index in [4.69, 9.17) is 4.74 Å². The summed E-state index contributed by atoms with van der Waals surface area (Å²) in [6, 6.07) is 4.56. The van der Waals surface area contributed by atoms with Gasteiger partial charge >= 0.3 is 6.09 Å². The van der Waals surface area contributed by atoms with Crippen LogP contribution in [0.25, 0.3) is 0 Å². The van der Waals surface area contributed by atoms with E-state index in [9.17, 15) is 4.79 Å². The lowest BCUT2D eigenvalue weighted by atomic mass is 9.92. The van der Waals surface area contributed by atoms with Crippen molar-refractivity contribution in [3.8, 4) is 0 Å². The number of amides is 1. The monoisotopic (exact) mass is 319 g/mol. The Balaban J connectivity index is 1.61. The van der Waals surface area contributed by atoms with Crippen LogP contribution in [0.2, 0.25) is 0 Å². The summed E-state index contributed by atoms with van der Waals surface area (Å²) in [6.45, 7) is 7.20. The molecule has 0 radical (unpaired) electrons. The molecule has 1 aromatic rings. The molecular formula is C18H29N3O2. The van der Waals surface area contributed by atoms with E-state index < -0.39 is 0 Å². The van der Waals surface area contributed by atoms with Gasteiger partial charge in [0.25, 0.3) is 0 Å². The Kier molecular flexibility index (Phi) is 6.39. The molecule has 1 heterocycles. The first-order valence-electron chi connectivity index (χ1n) is 8.58. The van der Waals surface area contributed by atoms with Crippen molar-refractivity contribution < 1.29 is 9.53 Å². The van der Waals surface area contributed by atoms with Gasteiger partial charge in [-0.2, -0.15) is 0 Å². The van der Waals surface area contributed by atoms with Gasteiger partial charge in [0.15, 0.2) is 0 Å². The number of aromatic nitrogens is 1. The number of unbranched alkanes of at least 4 members (excludes halogenated alkanes) is 1. The Morgan fingerprint density at radius 2 is 2.22 bits per heavy atom. The maximum atomic E-state index is 11.5. The summed E-state index contributed by atoms with van der Waals surface area (Å²) < 4.78 is 5.18. The quantitative estimate of drug-likeness (QED) is 0.789. The van der Waals surface area contributed by atoms with Crippen molar-refractivity contribution in [3.05, 3.63) is 29.6 Å². The summed E-state index contributed by atoms with van der Waals surface area (Å²) in [5.41, 5.74) is 2.33. The van der Waals surface area contributed by atoms with Gasteiger partial charge in [-0.25, -0.2) is 4.79 Å². The Hall–Kier alpha value is -1.62. The van der Waals surface area contributed by atoms with Crippen molar-refractivity contribution in [2.24, 2.45) is 0 Å². The summed E-state index contributed by atoms with van der Waals surface area (Å²) in [5, 5.41) is 6.37. The van der Waals surface area contributed by atoms with Crippen molar-refractivity contribution in [2.45, 2.75) is 64.5 Å². The Morgan fingerprint density at radius 3 is 3.00 bits per heavy atom. The predicted molar refractivity (Wildman–Crippen MR) is 91.4 cm³/mol.